The monoisotopic (exact) mass is 408 g/mol. The lowest BCUT2D eigenvalue weighted by Gasteiger charge is -2.14. The molecule has 0 fully saturated rings. The van der Waals surface area contributed by atoms with Gasteiger partial charge in [0.2, 0.25) is 0 Å². The number of benzene rings is 3. The number of hydrogen-bond acceptors (Lipinski definition) is 4. The van der Waals surface area contributed by atoms with Crippen LogP contribution in [0.3, 0.4) is 0 Å². The van der Waals surface area contributed by atoms with Crippen molar-refractivity contribution in [2.75, 3.05) is 6.61 Å². The van der Waals surface area contributed by atoms with Crippen LogP contribution in [0.2, 0.25) is 0 Å². The zero-order chi connectivity index (χ0) is 20.6. The molecular weight excluding hydrogens is 384 g/mol. The van der Waals surface area contributed by atoms with Crippen LogP contribution in [0, 0.1) is 20.8 Å². The van der Waals surface area contributed by atoms with Crippen molar-refractivity contribution >= 4 is 10.1 Å². The van der Waals surface area contributed by atoms with Crippen LogP contribution in [0.5, 0.6) is 5.75 Å². The normalized spacial score (nSPS) is 15.8. The zero-order valence-corrected chi connectivity index (χ0v) is 17.6. The third-order valence-corrected chi connectivity index (χ3v) is 6.39. The second-order valence-electron chi connectivity index (χ2n) is 7.67. The molecule has 1 aliphatic rings. The molecule has 0 spiro atoms. The van der Waals surface area contributed by atoms with Gasteiger partial charge in [-0.1, -0.05) is 53.6 Å². The standard InChI is InChI=1S/C24H24O4S/c1-16-7-9-22(10-8-16)29(25,26)27-15-21-14-20-12-18(3)13-23(24(20)28-21)19-6-4-5-17(2)11-19/h4-13,21H,14-15H2,1-3H3. The number of aryl methyl sites for hydroxylation is 3. The Morgan fingerprint density at radius 3 is 2.41 bits per heavy atom. The summed E-state index contributed by atoms with van der Waals surface area (Å²) in [7, 11) is -3.81. The van der Waals surface area contributed by atoms with Gasteiger partial charge < -0.3 is 4.74 Å². The summed E-state index contributed by atoms with van der Waals surface area (Å²) < 4.78 is 36.4. The second-order valence-corrected chi connectivity index (χ2v) is 9.28. The molecule has 0 bridgehead atoms. The number of ether oxygens (including phenoxy) is 1. The molecule has 0 N–H and O–H groups in total. The van der Waals surface area contributed by atoms with E-state index in [4.69, 9.17) is 8.92 Å². The molecule has 0 aromatic heterocycles. The fraction of sp³-hybridized carbons (Fsp3) is 0.250. The summed E-state index contributed by atoms with van der Waals surface area (Å²) in [4.78, 5) is 0.162. The summed E-state index contributed by atoms with van der Waals surface area (Å²) in [5.41, 5.74) is 6.55. The van der Waals surface area contributed by atoms with Gasteiger partial charge in [-0.25, -0.2) is 0 Å². The predicted octanol–water partition coefficient (Wildman–Crippen LogP) is 4.99. The van der Waals surface area contributed by atoms with Crippen LogP contribution in [0.4, 0.5) is 0 Å². The highest BCUT2D eigenvalue weighted by Gasteiger charge is 2.28. The minimum absolute atomic E-state index is 0.0167. The van der Waals surface area contributed by atoms with E-state index in [-0.39, 0.29) is 17.6 Å². The van der Waals surface area contributed by atoms with Crippen molar-refractivity contribution in [2.24, 2.45) is 0 Å². The molecule has 0 amide bonds. The van der Waals surface area contributed by atoms with E-state index in [9.17, 15) is 8.42 Å². The summed E-state index contributed by atoms with van der Waals surface area (Å²) >= 11 is 0. The topological polar surface area (TPSA) is 52.6 Å². The molecular formula is C24H24O4S. The Labute approximate surface area is 172 Å². The van der Waals surface area contributed by atoms with Gasteiger partial charge in [0, 0.05) is 12.0 Å². The Morgan fingerprint density at radius 1 is 0.931 bits per heavy atom. The van der Waals surface area contributed by atoms with Gasteiger partial charge in [0.05, 0.1) is 4.90 Å². The molecule has 0 aliphatic carbocycles. The van der Waals surface area contributed by atoms with Gasteiger partial charge in [0.25, 0.3) is 10.1 Å². The van der Waals surface area contributed by atoms with Crippen LogP contribution >= 0.6 is 0 Å². The maximum Gasteiger partial charge on any atom is 0.297 e. The molecule has 0 saturated heterocycles. The van der Waals surface area contributed by atoms with E-state index in [0.717, 1.165) is 33.6 Å². The molecule has 0 radical (unpaired) electrons. The average molecular weight is 409 g/mol. The van der Waals surface area contributed by atoms with Crippen molar-refractivity contribution in [3.8, 4) is 16.9 Å². The van der Waals surface area contributed by atoms with Gasteiger partial charge in [-0.3, -0.25) is 4.18 Å². The minimum Gasteiger partial charge on any atom is -0.487 e. The molecule has 5 heteroatoms. The minimum atomic E-state index is -3.81. The predicted molar refractivity (Wildman–Crippen MR) is 114 cm³/mol. The second kappa shape index (κ2) is 7.65. The lowest BCUT2D eigenvalue weighted by molar-refractivity contribution is 0.152. The van der Waals surface area contributed by atoms with Crippen LogP contribution in [0.25, 0.3) is 11.1 Å². The Kier molecular flexibility index (Phi) is 5.19. The lowest BCUT2D eigenvalue weighted by Crippen LogP contribution is -2.23. The van der Waals surface area contributed by atoms with Crippen molar-refractivity contribution in [3.05, 3.63) is 82.9 Å². The SMILES string of the molecule is Cc1ccc(S(=O)(=O)OCC2Cc3cc(C)cc(-c4cccc(C)c4)c3O2)cc1. The van der Waals surface area contributed by atoms with Gasteiger partial charge in [-0.05, 0) is 55.7 Å². The third kappa shape index (κ3) is 4.21. The van der Waals surface area contributed by atoms with Crippen LogP contribution in [0.15, 0.2) is 65.6 Å². The maximum absolute atomic E-state index is 12.5. The summed E-state index contributed by atoms with van der Waals surface area (Å²) in [6.45, 7) is 6.02. The molecule has 4 nitrogen and oxygen atoms in total. The Hall–Kier alpha value is -2.63. The van der Waals surface area contributed by atoms with Crippen LogP contribution in [-0.2, 0) is 20.7 Å². The first-order valence-electron chi connectivity index (χ1n) is 9.65. The average Bonchev–Trinajstić information content (AvgIpc) is 3.09. The first kappa shape index (κ1) is 19.7. The molecule has 0 saturated carbocycles. The molecule has 3 aromatic rings. The molecule has 3 aromatic carbocycles. The lowest BCUT2D eigenvalue weighted by atomic mass is 9.97. The zero-order valence-electron chi connectivity index (χ0n) is 16.8. The Balaban J connectivity index is 1.53. The van der Waals surface area contributed by atoms with Crippen molar-refractivity contribution in [3.63, 3.8) is 0 Å². The van der Waals surface area contributed by atoms with Gasteiger partial charge in [0.15, 0.2) is 0 Å². The Bertz CT molecular complexity index is 1150. The number of hydrogen-bond donors (Lipinski definition) is 0. The highest BCUT2D eigenvalue weighted by atomic mass is 32.2. The molecule has 4 rings (SSSR count). The summed E-state index contributed by atoms with van der Waals surface area (Å²) in [5, 5.41) is 0. The molecule has 1 atom stereocenters. The van der Waals surface area contributed by atoms with Crippen LogP contribution in [0.1, 0.15) is 22.3 Å². The number of fused-ring (bicyclic) bond motifs is 1. The van der Waals surface area contributed by atoms with E-state index in [0.29, 0.717) is 6.42 Å². The van der Waals surface area contributed by atoms with Crippen molar-refractivity contribution in [2.45, 2.75) is 38.2 Å². The van der Waals surface area contributed by atoms with Crippen LogP contribution in [-0.4, -0.2) is 21.1 Å². The van der Waals surface area contributed by atoms with Gasteiger partial charge in [0.1, 0.15) is 18.5 Å². The van der Waals surface area contributed by atoms with Crippen molar-refractivity contribution < 1.29 is 17.3 Å². The molecule has 29 heavy (non-hydrogen) atoms. The summed E-state index contributed by atoms with van der Waals surface area (Å²) in [5.74, 6) is 0.822. The fourth-order valence-electron chi connectivity index (χ4n) is 3.65. The largest absolute Gasteiger partial charge is 0.487 e. The van der Waals surface area contributed by atoms with E-state index < -0.39 is 10.1 Å². The fourth-order valence-corrected chi connectivity index (χ4v) is 4.59. The molecule has 1 unspecified atom stereocenters. The summed E-state index contributed by atoms with van der Waals surface area (Å²) in [6.07, 6.45) is 0.287. The first-order valence-corrected chi connectivity index (χ1v) is 11.1. The van der Waals surface area contributed by atoms with Gasteiger partial charge >= 0.3 is 0 Å². The third-order valence-electron chi connectivity index (χ3n) is 5.09. The number of rotatable bonds is 5. The smallest absolute Gasteiger partial charge is 0.297 e. The molecule has 150 valence electrons. The van der Waals surface area contributed by atoms with E-state index in [1.807, 2.05) is 13.0 Å². The highest BCUT2D eigenvalue weighted by molar-refractivity contribution is 7.86. The van der Waals surface area contributed by atoms with E-state index in [1.54, 1.807) is 24.3 Å². The molecule has 1 heterocycles. The van der Waals surface area contributed by atoms with Crippen molar-refractivity contribution in [1.82, 2.24) is 0 Å². The maximum atomic E-state index is 12.5. The van der Waals surface area contributed by atoms with E-state index in [2.05, 4.69) is 44.2 Å². The first-order chi connectivity index (χ1) is 13.8. The summed E-state index contributed by atoms with van der Waals surface area (Å²) in [6, 6.07) is 19.1. The van der Waals surface area contributed by atoms with E-state index in [1.165, 1.54) is 5.56 Å². The van der Waals surface area contributed by atoms with Gasteiger partial charge in [-0.2, -0.15) is 8.42 Å². The molecule has 1 aliphatic heterocycles. The quantitative estimate of drug-likeness (QED) is 0.558. The van der Waals surface area contributed by atoms with Gasteiger partial charge in [-0.15, -0.1) is 0 Å². The van der Waals surface area contributed by atoms with Crippen molar-refractivity contribution in [1.29, 1.82) is 0 Å². The highest BCUT2D eigenvalue weighted by Crippen LogP contribution is 2.40. The Morgan fingerprint density at radius 2 is 1.69 bits per heavy atom. The van der Waals surface area contributed by atoms with Crippen LogP contribution < -0.4 is 4.74 Å². The van der Waals surface area contributed by atoms with E-state index >= 15 is 0 Å².